The molecule has 1 N–H and O–H groups in total. The molecule has 0 bridgehead atoms. The van der Waals surface area contributed by atoms with Crippen LogP contribution in [0, 0.1) is 0 Å². The van der Waals surface area contributed by atoms with E-state index in [0.29, 0.717) is 25.0 Å². The third-order valence-corrected chi connectivity index (χ3v) is 4.78. The molecule has 1 aromatic rings. The average Bonchev–Trinajstić information content (AvgIpc) is 2.47. The highest BCUT2D eigenvalue weighted by Crippen LogP contribution is 2.38. The van der Waals surface area contributed by atoms with E-state index in [4.69, 9.17) is 4.74 Å². The van der Waals surface area contributed by atoms with E-state index in [1.54, 1.807) is 0 Å². The zero-order valence-corrected chi connectivity index (χ0v) is 12.6. The highest BCUT2D eigenvalue weighted by molar-refractivity contribution is 5.97. The van der Waals surface area contributed by atoms with E-state index in [1.807, 2.05) is 12.1 Å². The maximum Gasteiger partial charge on any atom is 0.165 e. The summed E-state index contributed by atoms with van der Waals surface area (Å²) in [5.41, 5.74) is 2.19. The molecule has 1 aliphatic carbocycles. The number of carbonyl (C=O) groups excluding carboxylic acids is 1. The summed E-state index contributed by atoms with van der Waals surface area (Å²) in [6.45, 7) is 2.62. The maximum atomic E-state index is 12.5. The molecule has 3 nitrogen and oxygen atoms in total. The van der Waals surface area contributed by atoms with Crippen molar-refractivity contribution in [2.24, 2.45) is 0 Å². The Labute approximate surface area is 127 Å². The summed E-state index contributed by atoms with van der Waals surface area (Å²) in [4.78, 5) is 12.5. The van der Waals surface area contributed by atoms with Crippen LogP contribution in [0.1, 0.15) is 60.4 Å². The number of nitrogens with one attached hydrogen (secondary N) is 1. The third kappa shape index (κ3) is 3.72. The summed E-state index contributed by atoms with van der Waals surface area (Å²) >= 11 is 0. The van der Waals surface area contributed by atoms with Crippen LogP contribution in [0.4, 0.5) is 0 Å². The Bertz CT molecular complexity index is 476. The molecule has 0 aromatic heterocycles. The molecule has 1 aliphatic heterocycles. The fourth-order valence-corrected chi connectivity index (χ4v) is 3.24. The second kappa shape index (κ2) is 7.19. The molecule has 1 saturated carbocycles. The first kappa shape index (κ1) is 14.7. The Kier molecular flexibility index (Phi) is 5.04. The molecule has 2 aliphatic rings. The molecule has 0 atom stereocenters. The Balaban J connectivity index is 1.53. The van der Waals surface area contributed by atoms with Gasteiger partial charge in [-0.25, -0.2) is 0 Å². The minimum absolute atomic E-state index is 0.242. The third-order valence-electron chi connectivity index (χ3n) is 4.78. The minimum Gasteiger partial charge on any atom is -0.378 e. The fourth-order valence-electron chi connectivity index (χ4n) is 3.24. The molecule has 0 radical (unpaired) electrons. The Morgan fingerprint density at radius 3 is 2.62 bits per heavy atom. The monoisotopic (exact) mass is 287 g/mol. The van der Waals surface area contributed by atoms with Crippen molar-refractivity contribution in [2.75, 3.05) is 19.7 Å². The molecule has 3 rings (SSSR count). The predicted octanol–water partition coefficient (Wildman–Crippen LogP) is 3.30. The van der Waals surface area contributed by atoms with Gasteiger partial charge in [0.1, 0.15) is 0 Å². The van der Waals surface area contributed by atoms with E-state index in [9.17, 15) is 4.79 Å². The summed E-state index contributed by atoms with van der Waals surface area (Å²) in [6.07, 6.45) is 6.73. The first-order chi connectivity index (χ1) is 10.3. The van der Waals surface area contributed by atoms with Crippen LogP contribution in [0.15, 0.2) is 24.3 Å². The van der Waals surface area contributed by atoms with Crippen LogP contribution >= 0.6 is 0 Å². The average molecular weight is 287 g/mol. The molecule has 0 amide bonds. The number of benzene rings is 1. The van der Waals surface area contributed by atoms with Crippen molar-refractivity contribution < 1.29 is 9.53 Å². The molecular formula is C18H25NO2. The van der Waals surface area contributed by atoms with Crippen molar-refractivity contribution in [3.63, 3.8) is 0 Å². The van der Waals surface area contributed by atoms with Crippen molar-refractivity contribution in [1.29, 1.82) is 0 Å². The second-order valence-electron chi connectivity index (χ2n) is 6.21. The van der Waals surface area contributed by atoms with Crippen molar-refractivity contribution >= 4 is 5.78 Å². The minimum atomic E-state index is 0.242. The van der Waals surface area contributed by atoms with Crippen LogP contribution in [0.3, 0.4) is 0 Å². The molecule has 1 aromatic carbocycles. The molecule has 0 spiro atoms. The van der Waals surface area contributed by atoms with Gasteiger partial charge in [-0.2, -0.15) is 0 Å². The van der Waals surface area contributed by atoms with Gasteiger partial charge in [0.25, 0.3) is 0 Å². The highest BCUT2D eigenvalue weighted by atomic mass is 16.5. The van der Waals surface area contributed by atoms with Crippen molar-refractivity contribution in [2.45, 2.75) is 50.5 Å². The molecule has 1 saturated heterocycles. The molecule has 1 heterocycles. The van der Waals surface area contributed by atoms with Gasteiger partial charge in [0.2, 0.25) is 0 Å². The van der Waals surface area contributed by atoms with E-state index in [1.165, 1.54) is 24.8 Å². The number of hydrogen-bond acceptors (Lipinski definition) is 3. The number of carbonyl (C=O) groups is 1. The van der Waals surface area contributed by atoms with Gasteiger partial charge in [-0.3, -0.25) is 4.79 Å². The first-order valence-electron chi connectivity index (χ1n) is 8.29. The normalized spacial score (nSPS) is 20.2. The van der Waals surface area contributed by atoms with Crippen LogP contribution in [0.25, 0.3) is 0 Å². The topological polar surface area (TPSA) is 38.3 Å². The molecule has 2 fully saturated rings. The van der Waals surface area contributed by atoms with Crippen molar-refractivity contribution in [1.82, 2.24) is 5.32 Å². The summed E-state index contributed by atoms with van der Waals surface area (Å²) < 4.78 is 5.85. The number of hydrogen-bond donors (Lipinski definition) is 1. The van der Waals surface area contributed by atoms with Gasteiger partial charge < -0.3 is 10.1 Å². The van der Waals surface area contributed by atoms with Crippen LogP contribution in [0.5, 0.6) is 0 Å². The second-order valence-corrected chi connectivity index (χ2v) is 6.21. The molecule has 0 unspecified atom stereocenters. The smallest absolute Gasteiger partial charge is 0.165 e. The Hall–Kier alpha value is -1.19. The van der Waals surface area contributed by atoms with E-state index in [0.717, 1.165) is 31.5 Å². The van der Waals surface area contributed by atoms with Crippen LogP contribution in [0.2, 0.25) is 0 Å². The number of ether oxygens (including phenoxy) is 1. The SMILES string of the molecule is O=C(CCOC1CCNCC1)c1ccccc1C1CCC1. The van der Waals surface area contributed by atoms with E-state index in [-0.39, 0.29) is 5.78 Å². The molecule has 21 heavy (non-hydrogen) atoms. The van der Waals surface area contributed by atoms with Gasteiger partial charge in [-0.15, -0.1) is 0 Å². The Morgan fingerprint density at radius 2 is 1.90 bits per heavy atom. The largest absolute Gasteiger partial charge is 0.378 e. The summed E-state index contributed by atoms with van der Waals surface area (Å²) in [6, 6.07) is 8.14. The maximum absolute atomic E-state index is 12.5. The first-order valence-corrected chi connectivity index (χ1v) is 8.29. The van der Waals surface area contributed by atoms with E-state index in [2.05, 4.69) is 17.4 Å². The predicted molar refractivity (Wildman–Crippen MR) is 83.8 cm³/mol. The van der Waals surface area contributed by atoms with Gasteiger partial charge in [0.15, 0.2) is 5.78 Å². The number of piperidine rings is 1. The van der Waals surface area contributed by atoms with Crippen LogP contribution < -0.4 is 5.32 Å². The summed E-state index contributed by atoms with van der Waals surface area (Å²) in [5.74, 6) is 0.849. The lowest BCUT2D eigenvalue weighted by Gasteiger charge is -2.27. The molecular weight excluding hydrogens is 262 g/mol. The lowest BCUT2D eigenvalue weighted by molar-refractivity contribution is 0.0313. The van der Waals surface area contributed by atoms with Gasteiger partial charge in [-0.1, -0.05) is 30.7 Å². The van der Waals surface area contributed by atoms with Gasteiger partial charge in [0.05, 0.1) is 12.7 Å². The number of Topliss-reactive ketones (excluding diaryl/α,β-unsaturated/α-hetero) is 1. The van der Waals surface area contributed by atoms with E-state index >= 15 is 0 Å². The van der Waals surface area contributed by atoms with Gasteiger partial charge in [0, 0.05) is 12.0 Å². The van der Waals surface area contributed by atoms with Gasteiger partial charge >= 0.3 is 0 Å². The van der Waals surface area contributed by atoms with Crippen LogP contribution in [-0.4, -0.2) is 31.6 Å². The van der Waals surface area contributed by atoms with E-state index < -0.39 is 0 Å². The summed E-state index contributed by atoms with van der Waals surface area (Å²) in [7, 11) is 0. The number of rotatable bonds is 6. The lowest BCUT2D eigenvalue weighted by atomic mass is 9.77. The molecule has 3 heteroatoms. The van der Waals surface area contributed by atoms with Crippen molar-refractivity contribution in [3.05, 3.63) is 35.4 Å². The number of ketones is 1. The van der Waals surface area contributed by atoms with Crippen molar-refractivity contribution in [3.8, 4) is 0 Å². The fraction of sp³-hybridized carbons (Fsp3) is 0.611. The highest BCUT2D eigenvalue weighted by Gasteiger charge is 2.24. The standard InChI is InChI=1S/C18H25NO2/c20-18(10-13-21-15-8-11-19-12-9-15)17-7-2-1-6-16(17)14-4-3-5-14/h1-2,6-7,14-15,19H,3-5,8-13H2. The Morgan fingerprint density at radius 1 is 1.14 bits per heavy atom. The summed E-state index contributed by atoms with van der Waals surface area (Å²) in [5, 5.41) is 3.33. The van der Waals surface area contributed by atoms with Crippen LogP contribution in [-0.2, 0) is 4.74 Å². The molecule has 114 valence electrons. The lowest BCUT2D eigenvalue weighted by Crippen LogP contribution is -2.32. The zero-order chi connectivity index (χ0) is 14.5. The quantitative estimate of drug-likeness (QED) is 0.816. The zero-order valence-electron chi connectivity index (χ0n) is 12.6. The van der Waals surface area contributed by atoms with Gasteiger partial charge in [-0.05, 0) is 50.3 Å².